The molecule has 0 unspecified atom stereocenters. The molecule has 1 aliphatic heterocycles. The highest BCUT2D eigenvalue weighted by Gasteiger charge is 2.38. The van der Waals surface area contributed by atoms with Gasteiger partial charge in [-0.25, -0.2) is 13.5 Å². The molecule has 1 fully saturated rings. The molecule has 0 saturated carbocycles. The molecule has 0 spiro atoms. The van der Waals surface area contributed by atoms with Crippen LogP contribution in [0, 0.1) is 11.6 Å². The summed E-state index contributed by atoms with van der Waals surface area (Å²) in [5.41, 5.74) is -0.0822. The Labute approximate surface area is 215 Å². The lowest BCUT2D eigenvalue weighted by molar-refractivity contribution is -0.140. The fourth-order valence-corrected chi connectivity index (χ4v) is 4.92. The van der Waals surface area contributed by atoms with Crippen LogP contribution in [-0.4, -0.2) is 54.7 Å². The van der Waals surface area contributed by atoms with Crippen molar-refractivity contribution in [3.63, 3.8) is 0 Å². The number of piperazine rings is 1. The lowest BCUT2D eigenvalue weighted by atomic mass is 10.0. The average Bonchev–Trinajstić information content (AvgIpc) is 3.27. The lowest BCUT2D eigenvalue weighted by Gasteiger charge is -2.38. The molecule has 0 amide bonds. The SMILES string of the molecule is CN(C)c1nn(-c2cc(C(F)(F)F)c(F)c(O)c2F)c2ccc(N3CCNC[C@H]3Cc3ccccc3)cc12. The molecule has 5 rings (SSSR count). The van der Waals surface area contributed by atoms with Gasteiger partial charge in [-0.1, -0.05) is 30.3 Å². The molecule has 38 heavy (non-hydrogen) atoms. The first kappa shape index (κ1) is 25.8. The molecule has 0 aliphatic carbocycles. The average molecular weight is 532 g/mol. The van der Waals surface area contributed by atoms with Crippen LogP contribution in [-0.2, 0) is 12.6 Å². The van der Waals surface area contributed by atoms with Crippen molar-refractivity contribution in [2.45, 2.75) is 18.6 Å². The molecule has 2 N–H and O–H groups in total. The lowest BCUT2D eigenvalue weighted by Crippen LogP contribution is -2.52. The minimum Gasteiger partial charge on any atom is -0.503 e. The normalized spacial score (nSPS) is 16.3. The Morgan fingerprint density at radius 3 is 2.47 bits per heavy atom. The number of alkyl halides is 3. The zero-order valence-corrected chi connectivity index (χ0v) is 20.7. The summed E-state index contributed by atoms with van der Waals surface area (Å²) in [6.45, 7) is 2.29. The van der Waals surface area contributed by atoms with Crippen LogP contribution in [0.2, 0.25) is 0 Å². The standard InChI is InChI=1S/C27H26F5N5O/c1-35(2)26-19-13-17(36-11-10-33-15-18(36)12-16-6-4-3-5-7-16)8-9-21(19)37(34-26)22-14-20(27(30,31)32)23(28)25(38)24(22)29/h3-9,13-14,18,33,38H,10-12,15H2,1-2H3/t18-/m1/s1. The minimum atomic E-state index is -5.14. The fourth-order valence-electron chi connectivity index (χ4n) is 4.92. The van der Waals surface area contributed by atoms with E-state index in [9.17, 15) is 27.1 Å². The number of benzene rings is 3. The Balaban J connectivity index is 1.62. The molecule has 4 aromatic rings. The molecule has 11 heteroatoms. The van der Waals surface area contributed by atoms with Gasteiger partial charge in [-0.05, 0) is 36.2 Å². The molecule has 6 nitrogen and oxygen atoms in total. The Hall–Kier alpha value is -3.86. The molecular weight excluding hydrogens is 505 g/mol. The van der Waals surface area contributed by atoms with Crippen LogP contribution in [0.3, 0.4) is 0 Å². The van der Waals surface area contributed by atoms with Crippen LogP contribution in [0.5, 0.6) is 5.75 Å². The zero-order valence-electron chi connectivity index (χ0n) is 20.7. The van der Waals surface area contributed by atoms with Crippen LogP contribution in [0.1, 0.15) is 11.1 Å². The molecule has 1 saturated heterocycles. The van der Waals surface area contributed by atoms with Crippen molar-refractivity contribution in [3.05, 3.63) is 77.4 Å². The van der Waals surface area contributed by atoms with Gasteiger partial charge in [0, 0.05) is 50.8 Å². The summed E-state index contributed by atoms with van der Waals surface area (Å²) in [7, 11) is 3.42. The Morgan fingerprint density at radius 2 is 1.79 bits per heavy atom. The van der Waals surface area contributed by atoms with Crippen molar-refractivity contribution in [3.8, 4) is 11.4 Å². The highest BCUT2D eigenvalue weighted by atomic mass is 19.4. The quantitative estimate of drug-likeness (QED) is 0.351. The van der Waals surface area contributed by atoms with E-state index in [0.717, 1.165) is 36.4 Å². The van der Waals surface area contributed by atoms with Gasteiger partial charge in [0.05, 0.1) is 11.1 Å². The Bertz CT molecular complexity index is 1470. The van der Waals surface area contributed by atoms with Gasteiger partial charge in [-0.2, -0.15) is 13.2 Å². The first-order chi connectivity index (χ1) is 18.1. The Kier molecular flexibility index (Phi) is 6.64. The van der Waals surface area contributed by atoms with E-state index in [0.29, 0.717) is 22.8 Å². The van der Waals surface area contributed by atoms with E-state index in [1.807, 2.05) is 30.3 Å². The van der Waals surface area contributed by atoms with Crippen LogP contribution < -0.4 is 15.1 Å². The molecule has 0 bridgehead atoms. The summed E-state index contributed by atoms with van der Waals surface area (Å²) in [6.07, 6.45) is -4.33. The van der Waals surface area contributed by atoms with Gasteiger partial charge in [0.2, 0.25) is 0 Å². The maximum atomic E-state index is 14.9. The first-order valence-electron chi connectivity index (χ1n) is 12.1. The number of phenols is 1. The predicted molar refractivity (Wildman–Crippen MR) is 136 cm³/mol. The smallest absolute Gasteiger partial charge is 0.419 e. The van der Waals surface area contributed by atoms with Crippen molar-refractivity contribution >= 4 is 22.4 Å². The van der Waals surface area contributed by atoms with Crippen LogP contribution >= 0.6 is 0 Å². The fraction of sp³-hybridized carbons (Fsp3) is 0.296. The number of rotatable bonds is 5. The van der Waals surface area contributed by atoms with Crippen molar-refractivity contribution in [1.29, 1.82) is 0 Å². The molecular formula is C27H26F5N5O. The number of fused-ring (bicyclic) bond motifs is 1. The van der Waals surface area contributed by atoms with Crippen molar-refractivity contribution < 1.29 is 27.1 Å². The number of aromatic nitrogens is 2. The number of anilines is 2. The summed E-state index contributed by atoms with van der Waals surface area (Å²) in [6, 6.07) is 15.9. The van der Waals surface area contributed by atoms with Gasteiger partial charge < -0.3 is 20.2 Å². The predicted octanol–water partition coefficient (Wildman–Crippen LogP) is 5.12. The number of aromatic hydroxyl groups is 1. The maximum absolute atomic E-state index is 14.9. The summed E-state index contributed by atoms with van der Waals surface area (Å²) in [5.74, 6) is -4.91. The second-order valence-electron chi connectivity index (χ2n) is 9.49. The highest BCUT2D eigenvalue weighted by Crippen LogP contribution is 2.40. The second kappa shape index (κ2) is 9.79. The first-order valence-corrected chi connectivity index (χ1v) is 12.1. The summed E-state index contributed by atoms with van der Waals surface area (Å²) >= 11 is 0. The van der Waals surface area contributed by atoms with Crippen molar-refractivity contribution in [2.75, 3.05) is 43.5 Å². The number of halogens is 5. The topological polar surface area (TPSA) is 56.6 Å². The molecule has 2 heterocycles. The van der Waals surface area contributed by atoms with Crippen LogP contribution in [0.4, 0.5) is 33.5 Å². The maximum Gasteiger partial charge on any atom is 0.419 e. The monoisotopic (exact) mass is 531 g/mol. The molecule has 3 aromatic carbocycles. The molecule has 0 radical (unpaired) electrons. The van der Waals surface area contributed by atoms with E-state index in [2.05, 4.69) is 27.4 Å². The van der Waals surface area contributed by atoms with Crippen LogP contribution in [0.15, 0.2) is 54.6 Å². The van der Waals surface area contributed by atoms with Gasteiger partial charge >= 0.3 is 6.18 Å². The number of phenolic OH excluding ortho intramolecular Hbond substituents is 1. The summed E-state index contributed by atoms with van der Waals surface area (Å²) in [5, 5.41) is 18.2. The number of nitrogens with zero attached hydrogens (tertiary/aromatic N) is 4. The van der Waals surface area contributed by atoms with E-state index in [4.69, 9.17) is 0 Å². The largest absolute Gasteiger partial charge is 0.503 e. The third-order valence-corrected chi connectivity index (χ3v) is 6.76. The van der Waals surface area contributed by atoms with E-state index < -0.39 is 34.8 Å². The van der Waals surface area contributed by atoms with E-state index >= 15 is 0 Å². The van der Waals surface area contributed by atoms with E-state index in [1.165, 1.54) is 5.56 Å². The highest BCUT2D eigenvalue weighted by molar-refractivity contribution is 5.94. The van der Waals surface area contributed by atoms with Gasteiger partial charge in [-0.15, -0.1) is 5.10 Å². The second-order valence-corrected chi connectivity index (χ2v) is 9.49. The van der Waals surface area contributed by atoms with Gasteiger partial charge in [0.25, 0.3) is 0 Å². The zero-order chi connectivity index (χ0) is 27.2. The van der Waals surface area contributed by atoms with E-state index in [1.54, 1.807) is 25.1 Å². The summed E-state index contributed by atoms with van der Waals surface area (Å²) < 4.78 is 70.3. The number of hydrogen-bond donors (Lipinski definition) is 2. The van der Waals surface area contributed by atoms with Gasteiger partial charge in [-0.3, -0.25) is 0 Å². The molecule has 1 atom stereocenters. The Morgan fingerprint density at radius 1 is 1.05 bits per heavy atom. The summed E-state index contributed by atoms with van der Waals surface area (Å²) in [4.78, 5) is 3.93. The van der Waals surface area contributed by atoms with Gasteiger partial charge in [0.15, 0.2) is 23.2 Å². The van der Waals surface area contributed by atoms with Crippen LogP contribution in [0.25, 0.3) is 16.6 Å². The number of hydrogen-bond acceptors (Lipinski definition) is 5. The van der Waals surface area contributed by atoms with Crippen molar-refractivity contribution in [2.24, 2.45) is 0 Å². The number of nitrogens with one attached hydrogen (secondary N) is 1. The van der Waals surface area contributed by atoms with Crippen molar-refractivity contribution in [1.82, 2.24) is 15.1 Å². The van der Waals surface area contributed by atoms with Gasteiger partial charge in [0.1, 0.15) is 5.69 Å². The van der Waals surface area contributed by atoms with E-state index in [-0.39, 0.29) is 6.04 Å². The minimum absolute atomic E-state index is 0.155. The molecule has 200 valence electrons. The third kappa shape index (κ3) is 4.62. The third-order valence-electron chi connectivity index (χ3n) is 6.76. The molecule has 1 aromatic heterocycles. The molecule has 1 aliphatic rings.